The first kappa shape index (κ1) is 21.6. The normalized spacial score (nSPS) is 20.7. The Labute approximate surface area is 149 Å². The van der Waals surface area contributed by atoms with Gasteiger partial charge in [0, 0.05) is 19.5 Å². The van der Waals surface area contributed by atoms with Gasteiger partial charge in [0.2, 0.25) is 0 Å². The molecule has 1 aliphatic rings. The Bertz CT molecular complexity index is 507. The van der Waals surface area contributed by atoms with E-state index in [1.165, 1.54) is 0 Å². The average Bonchev–Trinajstić information content (AvgIpc) is 2.92. The van der Waals surface area contributed by atoms with Crippen LogP contribution in [-0.2, 0) is 6.42 Å². The van der Waals surface area contributed by atoms with Gasteiger partial charge in [-0.15, -0.1) is 36.2 Å². The molecule has 0 aliphatic carbocycles. The highest BCUT2D eigenvalue weighted by atomic mass is 35.5. The summed E-state index contributed by atoms with van der Waals surface area (Å²) in [4.78, 5) is 19.9. The summed E-state index contributed by atoms with van der Waals surface area (Å²) in [7, 11) is 0. The zero-order chi connectivity index (χ0) is 14.9. The number of likely N-dealkylation sites (tertiary alicyclic amines) is 1. The van der Waals surface area contributed by atoms with Crippen molar-refractivity contribution >= 4 is 42.1 Å². The number of amides is 1. The minimum Gasteiger partial charge on any atom is -0.337 e. The highest BCUT2D eigenvalue weighted by Gasteiger charge is 2.36. The van der Waals surface area contributed by atoms with Gasteiger partial charge in [-0.25, -0.2) is 4.98 Å². The predicted molar refractivity (Wildman–Crippen MR) is 97.6 cm³/mol. The summed E-state index contributed by atoms with van der Waals surface area (Å²) in [6, 6.07) is 0. The molecule has 0 saturated carbocycles. The van der Waals surface area contributed by atoms with Crippen molar-refractivity contribution in [2.45, 2.75) is 40.5 Å². The van der Waals surface area contributed by atoms with Crippen molar-refractivity contribution < 1.29 is 4.79 Å². The highest BCUT2D eigenvalue weighted by molar-refractivity contribution is 7.13. The Hall–Kier alpha value is -0.360. The molecule has 1 aromatic rings. The quantitative estimate of drug-likeness (QED) is 0.887. The van der Waals surface area contributed by atoms with Crippen LogP contribution in [0.25, 0.3) is 0 Å². The number of aromatic nitrogens is 1. The van der Waals surface area contributed by atoms with E-state index in [-0.39, 0.29) is 36.1 Å². The predicted octanol–water partition coefficient (Wildman–Crippen LogP) is 3.30. The molecule has 128 valence electrons. The van der Waals surface area contributed by atoms with Gasteiger partial charge in [0.25, 0.3) is 5.91 Å². The summed E-state index contributed by atoms with van der Waals surface area (Å²) in [6.45, 7) is 10.6. The van der Waals surface area contributed by atoms with Crippen molar-refractivity contribution in [1.82, 2.24) is 9.88 Å². The van der Waals surface area contributed by atoms with Crippen LogP contribution >= 0.6 is 36.2 Å². The van der Waals surface area contributed by atoms with E-state index in [2.05, 4.69) is 25.8 Å². The van der Waals surface area contributed by atoms with Gasteiger partial charge in [-0.3, -0.25) is 4.79 Å². The molecule has 7 heteroatoms. The molecule has 22 heavy (non-hydrogen) atoms. The van der Waals surface area contributed by atoms with Gasteiger partial charge in [0.05, 0.1) is 10.7 Å². The van der Waals surface area contributed by atoms with Gasteiger partial charge >= 0.3 is 0 Å². The Balaban J connectivity index is 0.00000220. The fourth-order valence-corrected chi connectivity index (χ4v) is 3.84. The van der Waals surface area contributed by atoms with E-state index in [0.717, 1.165) is 41.5 Å². The molecule has 4 nitrogen and oxygen atoms in total. The van der Waals surface area contributed by atoms with Crippen LogP contribution < -0.4 is 5.73 Å². The van der Waals surface area contributed by atoms with Gasteiger partial charge in [0.15, 0.2) is 0 Å². The molecular weight excluding hydrogens is 341 g/mol. The number of thiazole rings is 1. The van der Waals surface area contributed by atoms with Gasteiger partial charge in [-0.05, 0) is 31.2 Å². The second-order valence-corrected chi connectivity index (χ2v) is 7.70. The Morgan fingerprint density at radius 2 is 2.09 bits per heavy atom. The van der Waals surface area contributed by atoms with E-state index in [1.54, 1.807) is 11.3 Å². The lowest BCUT2D eigenvalue weighted by Crippen LogP contribution is -2.34. The Kier molecular flexibility index (Phi) is 8.34. The van der Waals surface area contributed by atoms with Gasteiger partial charge in [0.1, 0.15) is 4.88 Å². The number of aryl methyl sites for hydroxylation is 1. The molecule has 1 atom stereocenters. The van der Waals surface area contributed by atoms with Crippen LogP contribution in [0.4, 0.5) is 0 Å². The number of halogens is 2. The number of rotatable bonds is 4. The standard InChI is InChI=1S/C15H25N3OS.2ClH/c1-10(2)7-12-17-11(3)13(20-12)14(19)18-6-5-15(4,8-16)9-18;;/h10H,5-9,16H2,1-4H3;2*1H. The molecule has 1 aromatic heterocycles. The molecule has 1 aliphatic heterocycles. The fourth-order valence-electron chi connectivity index (χ4n) is 2.59. The molecule has 2 N–H and O–H groups in total. The van der Waals surface area contributed by atoms with Crippen molar-refractivity contribution in [3.63, 3.8) is 0 Å². The van der Waals surface area contributed by atoms with Gasteiger partial charge in [-0.2, -0.15) is 0 Å². The summed E-state index contributed by atoms with van der Waals surface area (Å²) in [5, 5.41) is 1.07. The van der Waals surface area contributed by atoms with E-state index < -0.39 is 0 Å². The minimum atomic E-state index is 0. The van der Waals surface area contributed by atoms with Crippen molar-refractivity contribution in [2.24, 2.45) is 17.1 Å². The number of carbonyl (C=O) groups is 1. The first-order chi connectivity index (χ1) is 9.34. The first-order valence-corrected chi connectivity index (χ1v) is 8.12. The van der Waals surface area contributed by atoms with E-state index in [0.29, 0.717) is 12.5 Å². The molecule has 0 radical (unpaired) electrons. The van der Waals surface area contributed by atoms with Crippen molar-refractivity contribution in [3.05, 3.63) is 15.6 Å². The summed E-state index contributed by atoms with van der Waals surface area (Å²) < 4.78 is 0. The third kappa shape index (κ3) is 4.82. The van der Waals surface area contributed by atoms with Crippen molar-refractivity contribution in [3.8, 4) is 0 Å². The molecule has 1 fully saturated rings. The third-order valence-electron chi connectivity index (χ3n) is 3.96. The molecule has 0 aromatic carbocycles. The molecule has 0 spiro atoms. The molecule has 2 heterocycles. The monoisotopic (exact) mass is 367 g/mol. The minimum absolute atomic E-state index is 0. The molecule has 0 bridgehead atoms. The number of nitrogens with zero attached hydrogens (tertiary/aromatic N) is 2. The molecular formula is C15H27Cl2N3OS. The second-order valence-electron chi connectivity index (χ2n) is 6.61. The van der Waals surface area contributed by atoms with Crippen LogP contribution in [0, 0.1) is 18.3 Å². The number of hydrogen-bond acceptors (Lipinski definition) is 4. The number of nitrogens with two attached hydrogens (primary N) is 1. The van der Waals surface area contributed by atoms with Crippen LogP contribution in [0.1, 0.15) is 47.6 Å². The number of carbonyl (C=O) groups excluding carboxylic acids is 1. The SMILES string of the molecule is Cc1nc(CC(C)C)sc1C(=O)N1CCC(C)(CN)C1.Cl.Cl. The highest BCUT2D eigenvalue weighted by Crippen LogP contribution is 2.31. The summed E-state index contributed by atoms with van der Waals surface area (Å²) in [5.41, 5.74) is 6.76. The zero-order valence-corrected chi connectivity index (χ0v) is 16.2. The van der Waals surface area contributed by atoms with Crippen LogP contribution in [0.15, 0.2) is 0 Å². The first-order valence-electron chi connectivity index (χ1n) is 7.30. The smallest absolute Gasteiger partial charge is 0.265 e. The third-order valence-corrected chi connectivity index (χ3v) is 5.12. The average molecular weight is 368 g/mol. The van der Waals surface area contributed by atoms with Crippen LogP contribution in [0.5, 0.6) is 0 Å². The summed E-state index contributed by atoms with van der Waals surface area (Å²) in [6.07, 6.45) is 1.94. The van der Waals surface area contributed by atoms with Gasteiger partial charge < -0.3 is 10.6 Å². The van der Waals surface area contributed by atoms with Crippen LogP contribution in [0.3, 0.4) is 0 Å². The number of hydrogen-bond donors (Lipinski definition) is 1. The van der Waals surface area contributed by atoms with E-state index in [1.807, 2.05) is 11.8 Å². The topological polar surface area (TPSA) is 59.2 Å². The molecule has 1 saturated heterocycles. The molecule has 2 rings (SSSR count). The second kappa shape index (κ2) is 8.48. The summed E-state index contributed by atoms with van der Waals surface area (Å²) >= 11 is 1.56. The fraction of sp³-hybridized carbons (Fsp3) is 0.733. The lowest BCUT2D eigenvalue weighted by Gasteiger charge is -2.22. The lowest BCUT2D eigenvalue weighted by atomic mass is 9.90. The lowest BCUT2D eigenvalue weighted by molar-refractivity contribution is 0.0780. The van der Waals surface area contributed by atoms with Crippen LogP contribution in [0.2, 0.25) is 0 Å². The van der Waals surface area contributed by atoms with Crippen LogP contribution in [-0.4, -0.2) is 35.4 Å². The maximum absolute atomic E-state index is 12.6. The zero-order valence-electron chi connectivity index (χ0n) is 13.7. The Morgan fingerprint density at radius 3 is 2.59 bits per heavy atom. The summed E-state index contributed by atoms with van der Waals surface area (Å²) in [5.74, 6) is 0.697. The van der Waals surface area contributed by atoms with E-state index in [9.17, 15) is 4.79 Å². The molecule has 1 amide bonds. The Morgan fingerprint density at radius 1 is 1.45 bits per heavy atom. The van der Waals surface area contributed by atoms with E-state index >= 15 is 0 Å². The van der Waals surface area contributed by atoms with Crippen molar-refractivity contribution in [1.29, 1.82) is 0 Å². The maximum Gasteiger partial charge on any atom is 0.265 e. The van der Waals surface area contributed by atoms with E-state index in [4.69, 9.17) is 5.73 Å². The maximum atomic E-state index is 12.6. The largest absolute Gasteiger partial charge is 0.337 e. The molecule has 1 unspecified atom stereocenters. The van der Waals surface area contributed by atoms with Gasteiger partial charge in [-0.1, -0.05) is 20.8 Å². The van der Waals surface area contributed by atoms with Crippen molar-refractivity contribution in [2.75, 3.05) is 19.6 Å².